The van der Waals surface area contributed by atoms with Crippen LogP contribution in [0, 0.1) is 0 Å². The molecule has 0 spiro atoms. The van der Waals surface area contributed by atoms with Gasteiger partial charge in [-0.25, -0.2) is 0 Å². The summed E-state index contributed by atoms with van der Waals surface area (Å²) in [5.41, 5.74) is 5.58. The summed E-state index contributed by atoms with van der Waals surface area (Å²) in [6.45, 7) is 3.58. The zero-order valence-corrected chi connectivity index (χ0v) is 11.2. The van der Waals surface area contributed by atoms with Crippen LogP contribution in [0.5, 0.6) is 0 Å². The molecule has 8 heteroatoms. The summed E-state index contributed by atoms with van der Waals surface area (Å²) in [5.74, 6) is -0.453. The van der Waals surface area contributed by atoms with Crippen LogP contribution in [0.2, 0.25) is 4.47 Å². The lowest BCUT2D eigenvalue weighted by atomic mass is 10.1. The van der Waals surface area contributed by atoms with Gasteiger partial charge in [-0.3, -0.25) is 4.79 Å². The maximum absolute atomic E-state index is 10.8. The van der Waals surface area contributed by atoms with Crippen molar-refractivity contribution in [2.24, 2.45) is 5.73 Å². The van der Waals surface area contributed by atoms with Crippen molar-refractivity contribution in [1.29, 1.82) is 0 Å². The fraction of sp³-hybridized carbons (Fsp3) is 0.625. The molecule has 0 aromatic carbocycles. The van der Waals surface area contributed by atoms with E-state index in [9.17, 15) is 4.79 Å². The molecule has 1 rings (SSSR count). The van der Waals surface area contributed by atoms with Crippen LogP contribution in [0.1, 0.15) is 18.9 Å². The van der Waals surface area contributed by atoms with E-state index in [1.807, 2.05) is 0 Å². The molecule has 0 fully saturated rings. The first-order valence-corrected chi connectivity index (χ1v) is 6.61. The van der Waals surface area contributed by atoms with Gasteiger partial charge < -0.3 is 10.8 Å². The number of nitrogens with two attached hydrogens (primary N) is 1. The van der Waals surface area contributed by atoms with Crippen LogP contribution in [-0.2, 0) is 10.5 Å². The van der Waals surface area contributed by atoms with Gasteiger partial charge in [0.15, 0.2) is 0 Å². The molecule has 3 N–H and O–H groups in total. The first-order chi connectivity index (χ1) is 7.33. The molecule has 0 saturated carbocycles. The fourth-order valence-electron chi connectivity index (χ4n) is 0.926. The number of halogens is 1. The van der Waals surface area contributed by atoms with E-state index in [2.05, 4.69) is 10.2 Å². The first kappa shape index (κ1) is 13.7. The van der Waals surface area contributed by atoms with Crippen molar-refractivity contribution in [2.45, 2.75) is 30.4 Å². The molecule has 0 saturated heterocycles. The van der Waals surface area contributed by atoms with Crippen LogP contribution in [0.15, 0.2) is 0 Å². The fourth-order valence-corrected chi connectivity index (χ4v) is 2.84. The Morgan fingerprint density at radius 1 is 1.69 bits per heavy atom. The van der Waals surface area contributed by atoms with Crippen molar-refractivity contribution in [2.75, 3.05) is 0 Å². The van der Waals surface area contributed by atoms with Crippen LogP contribution < -0.4 is 5.73 Å². The molecule has 0 radical (unpaired) electrons. The Bertz CT molecular complexity index is 383. The van der Waals surface area contributed by atoms with Crippen LogP contribution >= 0.6 is 34.7 Å². The smallest absolute Gasteiger partial charge is 0.321 e. The third-order valence-electron chi connectivity index (χ3n) is 2.02. The van der Waals surface area contributed by atoms with E-state index < -0.39 is 16.8 Å². The van der Waals surface area contributed by atoms with Gasteiger partial charge in [0.2, 0.25) is 4.47 Å². The second-order valence-corrected chi connectivity index (χ2v) is 6.93. The van der Waals surface area contributed by atoms with Crippen LogP contribution in [-0.4, -0.2) is 32.1 Å². The molecule has 90 valence electrons. The van der Waals surface area contributed by atoms with E-state index in [1.54, 1.807) is 13.8 Å². The highest BCUT2D eigenvalue weighted by molar-refractivity contribution is 8.00. The van der Waals surface area contributed by atoms with Gasteiger partial charge in [-0.05, 0) is 25.4 Å². The zero-order valence-electron chi connectivity index (χ0n) is 8.81. The number of hydrogen-bond acceptors (Lipinski definition) is 6. The Balaban J connectivity index is 2.57. The Morgan fingerprint density at radius 3 is 2.75 bits per heavy atom. The minimum atomic E-state index is -1.01. The highest BCUT2D eigenvalue weighted by Gasteiger charge is 2.32. The van der Waals surface area contributed by atoms with Gasteiger partial charge in [-0.1, -0.05) is 11.3 Å². The summed E-state index contributed by atoms with van der Waals surface area (Å²) in [5, 5.41) is 17.1. The summed E-state index contributed by atoms with van der Waals surface area (Å²) < 4.78 is -0.180. The molecule has 0 aliphatic rings. The normalized spacial score (nSPS) is 13.8. The maximum Gasteiger partial charge on any atom is 0.321 e. The number of rotatable bonds is 5. The highest BCUT2D eigenvalue weighted by Crippen LogP contribution is 2.31. The lowest BCUT2D eigenvalue weighted by Crippen LogP contribution is -2.46. The van der Waals surface area contributed by atoms with Gasteiger partial charge in [0, 0.05) is 10.5 Å². The lowest BCUT2D eigenvalue weighted by molar-refractivity contribution is -0.139. The highest BCUT2D eigenvalue weighted by atomic mass is 35.5. The molecule has 0 unspecified atom stereocenters. The summed E-state index contributed by atoms with van der Waals surface area (Å²) in [6, 6.07) is -0.916. The maximum atomic E-state index is 10.8. The third kappa shape index (κ3) is 3.58. The summed E-state index contributed by atoms with van der Waals surface area (Å²) >= 11 is 8.35. The summed E-state index contributed by atoms with van der Waals surface area (Å²) in [6.07, 6.45) is 0. The van der Waals surface area contributed by atoms with Crippen LogP contribution in [0.25, 0.3) is 0 Å². The van der Waals surface area contributed by atoms with Gasteiger partial charge in [-0.2, -0.15) is 0 Å². The second-order valence-electron chi connectivity index (χ2n) is 3.66. The molecule has 16 heavy (non-hydrogen) atoms. The van der Waals surface area contributed by atoms with E-state index in [-0.39, 0.29) is 0 Å². The minimum Gasteiger partial charge on any atom is -0.480 e. The molecule has 1 aromatic heterocycles. The predicted octanol–water partition coefficient (Wildman–Crippen LogP) is 1.62. The Kier molecular flexibility index (Phi) is 4.54. The predicted molar refractivity (Wildman–Crippen MR) is 65.9 cm³/mol. The largest absolute Gasteiger partial charge is 0.480 e. The first-order valence-electron chi connectivity index (χ1n) is 4.43. The van der Waals surface area contributed by atoms with E-state index >= 15 is 0 Å². The standard InChI is InChI=1S/C8H12ClN3O2S2/c1-8(2,5(10)6(13)14)15-3-4-11-12-7(9)16-4/h5H,3,10H2,1-2H3,(H,13,14)/t5-/m1/s1. The molecule has 0 aliphatic carbocycles. The SMILES string of the molecule is CC(C)(SCc1nnc(Cl)s1)[C@H](N)C(=O)O. The number of carboxylic acids is 1. The summed E-state index contributed by atoms with van der Waals surface area (Å²) in [4.78, 5) is 10.8. The number of carbonyl (C=O) groups is 1. The van der Waals surface area contributed by atoms with E-state index in [0.717, 1.165) is 5.01 Å². The van der Waals surface area contributed by atoms with Gasteiger partial charge in [-0.15, -0.1) is 22.0 Å². The van der Waals surface area contributed by atoms with Crippen molar-refractivity contribution >= 4 is 40.7 Å². The van der Waals surface area contributed by atoms with Gasteiger partial charge in [0.1, 0.15) is 11.0 Å². The van der Waals surface area contributed by atoms with E-state index in [1.165, 1.54) is 23.1 Å². The lowest BCUT2D eigenvalue weighted by Gasteiger charge is -2.27. The molecule has 0 aliphatic heterocycles. The average molecular weight is 282 g/mol. The van der Waals surface area contributed by atoms with Crippen molar-refractivity contribution in [1.82, 2.24) is 10.2 Å². The molecule has 1 heterocycles. The van der Waals surface area contributed by atoms with Crippen molar-refractivity contribution in [3.05, 3.63) is 9.47 Å². The molecular formula is C8H12ClN3O2S2. The average Bonchev–Trinajstić information content (AvgIpc) is 2.60. The third-order valence-corrected chi connectivity index (χ3v) is 4.64. The quantitative estimate of drug-likeness (QED) is 0.852. The van der Waals surface area contributed by atoms with Crippen molar-refractivity contribution < 1.29 is 9.90 Å². The minimum absolute atomic E-state index is 0.385. The van der Waals surface area contributed by atoms with Crippen LogP contribution in [0.3, 0.4) is 0 Å². The molecule has 1 atom stereocenters. The monoisotopic (exact) mass is 281 g/mol. The number of aliphatic carboxylic acids is 1. The Morgan fingerprint density at radius 2 is 2.31 bits per heavy atom. The number of aromatic nitrogens is 2. The number of carboxylic acid groups (broad SMARTS) is 1. The number of thioether (sulfide) groups is 1. The summed E-state index contributed by atoms with van der Waals surface area (Å²) in [7, 11) is 0. The van der Waals surface area contributed by atoms with Crippen molar-refractivity contribution in [3.8, 4) is 0 Å². The number of hydrogen-bond donors (Lipinski definition) is 2. The molecular weight excluding hydrogens is 270 g/mol. The van der Waals surface area contributed by atoms with Crippen LogP contribution in [0.4, 0.5) is 0 Å². The van der Waals surface area contributed by atoms with Gasteiger partial charge >= 0.3 is 5.97 Å². The van der Waals surface area contributed by atoms with E-state index in [0.29, 0.717) is 10.2 Å². The van der Waals surface area contributed by atoms with Gasteiger partial charge in [0.25, 0.3) is 0 Å². The second kappa shape index (κ2) is 5.31. The van der Waals surface area contributed by atoms with E-state index in [4.69, 9.17) is 22.4 Å². The topological polar surface area (TPSA) is 89.1 Å². The molecule has 0 bridgehead atoms. The van der Waals surface area contributed by atoms with Gasteiger partial charge in [0.05, 0.1) is 0 Å². The Labute approximate surface area is 106 Å². The molecule has 5 nitrogen and oxygen atoms in total. The Hall–Kier alpha value is -0.370. The number of nitrogens with zero attached hydrogens (tertiary/aromatic N) is 2. The molecule has 1 aromatic rings. The van der Waals surface area contributed by atoms with Crippen molar-refractivity contribution in [3.63, 3.8) is 0 Å². The molecule has 0 amide bonds. The zero-order chi connectivity index (χ0) is 12.3.